The van der Waals surface area contributed by atoms with Crippen molar-refractivity contribution in [2.45, 2.75) is 156 Å². The number of methoxy groups -OCH3 is 2. The Morgan fingerprint density at radius 2 is 1.55 bits per heavy atom. The number of ether oxygens (including phenoxy) is 3. The van der Waals surface area contributed by atoms with Gasteiger partial charge in [0.25, 0.3) is 0 Å². The highest BCUT2D eigenvalue weighted by molar-refractivity contribution is 5.90. The van der Waals surface area contributed by atoms with Crippen molar-refractivity contribution >= 4 is 41.5 Å². The molecule has 1 saturated heterocycles. The topological polar surface area (TPSA) is 209 Å². The summed E-state index contributed by atoms with van der Waals surface area (Å²) in [4.78, 5) is 91.0. The summed E-state index contributed by atoms with van der Waals surface area (Å²) in [6.07, 6.45) is 1.49. The standard InChI is InChI=1S/C50H79N7O10/c1-15-32(6)43(38(65-13)28-40(58)57-25-19-22-37(57)44(66-14)33(7)45(59)52-36(48(62)63)26-34-20-17-16-18-21-34)56(12)47(61)41(30(2)3)54-46(60)42(31(4)5)55(11)29-35-23-24-51-39(27-35)53-49(64)67-50(8,9)10/h16-18,20-21,23-24,27,30-33,36-38,41-44H,15,19,22,25-26,28-29H2,1-14H3,(H,52,59)(H,54,60)(H,62,63)(H,51,53,64)/t32-,33+,36-,37-,38+,41-,42-,43-,44+/m0/s1. The number of hydrogen-bond donors (Lipinski definition) is 4. The molecule has 1 aliphatic heterocycles. The molecule has 0 radical (unpaired) electrons. The third-order valence-corrected chi connectivity index (χ3v) is 12.6. The van der Waals surface area contributed by atoms with Crippen LogP contribution in [0.3, 0.4) is 0 Å². The number of amides is 5. The van der Waals surface area contributed by atoms with Crippen LogP contribution >= 0.6 is 0 Å². The number of rotatable bonds is 24. The van der Waals surface area contributed by atoms with Crippen LogP contribution in [0, 0.1) is 23.7 Å². The Hall–Kier alpha value is -5.13. The molecule has 2 heterocycles. The van der Waals surface area contributed by atoms with E-state index in [1.165, 1.54) is 14.2 Å². The van der Waals surface area contributed by atoms with Gasteiger partial charge in [-0.1, -0.05) is 85.2 Å². The summed E-state index contributed by atoms with van der Waals surface area (Å²) < 4.78 is 17.3. The zero-order chi connectivity index (χ0) is 50.3. The Morgan fingerprint density at radius 3 is 2.10 bits per heavy atom. The Labute approximate surface area is 398 Å². The molecular formula is C50H79N7O10. The highest BCUT2D eigenvalue weighted by Crippen LogP contribution is 2.30. The summed E-state index contributed by atoms with van der Waals surface area (Å²) in [6, 6.07) is 8.91. The minimum Gasteiger partial charge on any atom is -0.480 e. The molecule has 0 saturated carbocycles. The average molecular weight is 938 g/mol. The maximum Gasteiger partial charge on any atom is 0.413 e. The van der Waals surface area contributed by atoms with Gasteiger partial charge in [0.05, 0.1) is 42.7 Å². The lowest BCUT2D eigenvalue weighted by Gasteiger charge is -2.41. The maximum absolute atomic E-state index is 14.7. The lowest BCUT2D eigenvalue weighted by atomic mass is 9.89. The summed E-state index contributed by atoms with van der Waals surface area (Å²) in [5, 5.41) is 18.4. The number of likely N-dealkylation sites (N-methyl/N-ethyl adjacent to an activating group) is 2. The van der Waals surface area contributed by atoms with E-state index in [0.717, 1.165) is 11.1 Å². The molecule has 1 aliphatic rings. The predicted octanol–water partition coefficient (Wildman–Crippen LogP) is 5.76. The molecule has 67 heavy (non-hydrogen) atoms. The van der Waals surface area contributed by atoms with Gasteiger partial charge in [-0.15, -0.1) is 0 Å². The molecule has 17 nitrogen and oxygen atoms in total. The number of nitrogens with one attached hydrogen (secondary N) is 3. The van der Waals surface area contributed by atoms with Gasteiger partial charge in [-0.2, -0.15) is 0 Å². The molecule has 1 aromatic heterocycles. The van der Waals surface area contributed by atoms with E-state index in [4.69, 9.17) is 14.2 Å². The first-order valence-corrected chi connectivity index (χ1v) is 23.6. The van der Waals surface area contributed by atoms with E-state index < -0.39 is 71.9 Å². The van der Waals surface area contributed by atoms with Crippen LogP contribution in [-0.4, -0.2) is 143 Å². The van der Waals surface area contributed by atoms with E-state index >= 15 is 0 Å². The number of carbonyl (C=O) groups excluding carboxylic acids is 5. The summed E-state index contributed by atoms with van der Waals surface area (Å²) in [7, 11) is 6.54. The van der Waals surface area contributed by atoms with Crippen LogP contribution in [0.25, 0.3) is 0 Å². The van der Waals surface area contributed by atoms with Crippen molar-refractivity contribution in [3.05, 3.63) is 59.8 Å². The van der Waals surface area contributed by atoms with Crippen LogP contribution < -0.4 is 16.0 Å². The third kappa shape index (κ3) is 16.3. The van der Waals surface area contributed by atoms with Crippen molar-refractivity contribution in [3.8, 4) is 0 Å². The number of carbonyl (C=O) groups is 6. The molecule has 17 heteroatoms. The van der Waals surface area contributed by atoms with E-state index in [9.17, 15) is 33.9 Å². The quantitative estimate of drug-likeness (QED) is 0.0992. The van der Waals surface area contributed by atoms with Crippen molar-refractivity contribution in [2.75, 3.05) is 40.2 Å². The molecule has 374 valence electrons. The number of pyridine rings is 1. The van der Waals surface area contributed by atoms with Crippen LogP contribution in [-0.2, 0) is 51.1 Å². The number of aromatic nitrogens is 1. The molecule has 4 N–H and O–H groups in total. The first-order chi connectivity index (χ1) is 31.4. The van der Waals surface area contributed by atoms with Gasteiger partial charge in [-0.25, -0.2) is 14.6 Å². The van der Waals surface area contributed by atoms with E-state index in [-0.39, 0.29) is 48.3 Å². The SMILES string of the molecule is CC[C@H](C)[C@@H]([C@@H](CC(=O)N1CCC[C@H]1[C@H](OC)[C@@H](C)C(=O)N[C@@H](Cc1ccccc1)C(=O)O)OC)N(C)C(=O)[C@@H](NC(=O)[C@H](C(C)C)N(C)Cc1ccnc(NC(=O)OC(C)(C)C)c1)C(C)C. The van der Waals surface area contributed by atoms with Gasteiger partial charge in [0, 0.05) is 47.0 Å². The van der Waals surface area contributed by atoms with Gasteiger partial charge >= 0.3 is 12.1 Å². The first-order valence-electron chi connectivity index (χ1n) is 23.6. The summed E-state index contributed by atoms with van der Waals surface area (Å²) in [5.41, 5.74) is 0.893. The number of benzene rings is 1. The Kier molecular flexibility index (Phi) is 21.7. The third-order valence-electron chi connectivity index (χ3n) is 12.6. The average Bonchev–Trinajstić information content (AvgIpc) is 3.74. The zero-order valence-corrected chi connectivity index (χ0v) is 42.3. The normalized spacial score (nSPS) is 17.7. The summed E-state index contributed by atoms with van der Waals surface area (Å²) in [6.45, 7) is 19.4. The molecule has 1 fully saturated rings. The summed E-state index contributed by atoms with van der Waals surface area (Å²) in [5.74, 6) is -3.51. The van der Waals surface area contributed by atoms with Crippen LogP contribution in [0.5, 0.6) is 0 Å². The Balaban J connectivity index is 1.77. The first kappa shape index (κ1) is 56.2. The van der Waals surface area contributed by atoms with Crippen LogP contribution in [0.2, 0.25) is 0 Å². The van der Waals surface area contributed by atoms with Crippen LogP contribution in [0.15, 0.2) is 48.7 Å². The fourth-order valence-corrected chi connectivity index (χ4v) is 9.08. The minimum absolute atomic E-state index is 0.0578. The van der Waals surface area contributed by atoms with Crippen LogP contribution in [0.1, 0.15) is 106 Å². The molecule has 5 amide bonds. The Bertz CT molecular complexity index is 1940. The van der Waals surface area contributed by atoms with E-state index in [0.29, 0.717) is 38.2 Å². The van der Waals surface area contributed by atoms with Gasteiger partial charge in [-0.05, 0) is 81.7 Å². The van der Waals surface area contributed by atoms with Crippen LogP contribution in [0.4, 0.5) is 10.6 Å². The van der Waals surface area contributed by atoms with Gasteiger partial charge in [0.15, 0.2) is 0 Å². The van der Waals surface area contributed by atoms with Crippen molar-refractivity contribution in [1.82, 2.24) is 30.3 Å². The summed E-state index contributed by atoms with van der Waals surface area (Å²) >= 11 is 0. The molecule has 0 spiro atoms. The number of hydrogen-bond acceptors (Lipinski definition) is 11. The molecule has 3 rings (SSSR count). The number of likely N-dealkylation sites (tertiary alicyclic amines) is 1. The number of aliphatic carboxylic acids is 1. The molecule has 9 atom stereocenters. The molecule has 0 unspecified atom stereocenters. The second-order valence-corrected chi connectivity index (χ2v) is 19.7. The molecule has 1 aromatic carbocycles. The molecular weight excluding hydrogens is 859 g/mol. The fraction of sp³-hybridized carbons (Fsp3) is 0.660. The van der Waals surface area contributed by atoms with Crippen molar-refractivity contribution in [3.63, 3.8) is 0 Å². The Morgan fingerprint density at radius 1 is 0.896 bits per heavy atom. The lowest BCUT2D eigenvalue weighted by Crippen LogP contribution is -2.60. The largest absolute Gasteiger partial charge is 0.480 e. The van der Waals surface area contributed by atoms with Gasteiger partial charge < -0.3 is 39.8 Å². The van der Waals surface area contributed by atoms with E-state index in [2.05, 4.69) is 20.9 Å². The van der Waals surface area contributed by atoms with Gasteiger partial charge in [0.1, 0.15) is 23.5 Å². The highest BCUT2D eigenvalue weighted by atomic mass is 16.6. The monoisotopic (exact) mass is 938 g/mol. The zero-order valence-electron chi connectivity index (χ0n) is 42.3. The number of nitrogens with zero attached hydrogens (tertiary/aromatic N) is 4. The van der Waals surface area contributed by atoms with Gasteiger partial charge in [-0.3, -0.25) is 29.4 Å². The van der Waals surface area contributed by atoms with Crippen molar-refractivity contribution in [2.24, 2.45) is 23.7 Å². The second-order valence-electron chi connectivity index (χ2n) is 19.7. The van der Waals surface area contributed by atoms with E-state index in [1.54, 1.807) is 75.0 Å². The number of carboxylic acid groups (broad SMARTS) is 1. The minimum atomic E-state index is -1.15. The highest BCUT2D eigenvalue weighted by Gasteiger charge is 2.43. The van der Waals surface area contributed by atoms with Gasteiger partial charge in [0.2, 0.25) is 23.6 Å². The van der Waals surface area contributed by atoms with E-state index in [1.807, 2.05) is 71.7 Å². The lowest BCUT2D eigenvalue weighted by molar-refractivity contribution is -0.148. The van der Waals surface area contributed by atoms with Crippen molar-refractivity contribution in [1.29, 1.82) is 0 Å². The smallest absolute Gasteiger partial charge is 0.413 e. The molecule has 0 bridgehead atoms. The predicted molar refractivity (Wildman–Crippen MR) is 257 cm³/mol. The number of anilines is 1. The molecule has 0 aliphatic carbocycles. The fourth-order valence-electron chi connectivity index (χ4n) is 9.08. The number of carboxylic acids is 1. The second kappa shape index (κ2) is 25.9. The maximum atomic E-state index is 14.7. The molecule has 2 aromatic rings. The van der Waals surface area contributed by atoms with Crippen molar-refractivity contribution < 1.29 is 48.1 Å².